The van der Waals surface area contributed by atoms with Gasteiger partial charge < -0.3 is 14.6 Å². The van der Waals surface area contributed by atoms with Crippen LogP contribution >= 0.6 is 11.8 Å². The first-order valence-electron chi connectivity index (χ1n) is 6.24. The Morgan fingerprint density at radius 3 is 3.28 bits per heavy atom. The lowest BCUT2D eigenvalue weighted by Gasteiger charge is -2.09. The highest BCUT2D eigenvalue weighted by Gasteiger charge is 2.15. The fourth-order valence-electron chi connectivity index (χ4n) is 1.92. The zero-order chi connectivity index (χ0) is 12.8. The minimum atomic E-state index is 0.0565. The molecule has 2 heterocycles. The van der Waals surface area contributed by atoms with Gasteiger partial charge in [0.1, 0.15) is 0 Å². The van der Waals surface area contributed by atoms with Gasteiger partial charge in [0.25, 0.3) is 0 Å². The van der Waals surface area contributed by atoms with Crippen LogP contribution in [0.15, 0.2) is 17.6 Å². The molecule has 2 rings (SSSR count). The molecule has 0 aliphatic carbocycles. The Morgan fingerprint density at radius 1 is 1.72 bits per heavy atom. The lowest BCUT2D eigenvalue weighted by atomic mass is 10.2. The molecule has 1 fully saturated rings. The van der Waals surface area contributed by atoms with Crippen LogP contribution in [-0.2, 0) is 16.6 Å². The SMILES string of the molecule is Cn1ccnc1SCC(=O)NCC[C@@H]1CCCO1. The minimum absolute atomic E-state index is 0.0565. The van der Waals surface area contributed by atoms with Crippen LogP contribution in [0.5, 0.6) is 0 Å². The Bertz CT molecular complexity index is 388. The third kappa shape index (κ3) is 4.03. The molecule has 100 valence electrons. The quantitative estimate of drug-likeness (QED) is 0.788. The summed E-state index contributed by atoms with van der Waals surface area (Å²) < 4.78 is 7.41. The second kappa shape index (κ2) is 6.80. The van der Waals surface area contributed by atoms with Crippen LogP contribution in [0.1, 0.15) is 19.3 Å². The lowest BCUT2D eigenvalue weighted by molar-refractivity contribution is -0.118. The molecule has 1 atom stereocenters. The first kappa shape index (κ1) is 13.4. The van der Waals surface area contributed by atoms with E-state index >= 15 is 0 Å². The van der Waals surface area contributed by atoms with E-state index in [9.17, 15) is 4.79 Å². The zero-order valence-corrected chi connectivity index (χ0v) is 11.4. The van der Waals surface area contributed by atoms with Crippen LogP contribution in [-0.4, -0.2) is 40.5 Å². The van der Waals surface area contributed by atoms with Crippen molar-refractivity contribution < 1.29 is 9.53 Å². The van der Waals surface area contributed by atoms with E-state index in [-0.39, 0.29) is 5.91 Å². The molecule has 1 aliphatic heterocycles. The number of aromatic nitrogens is 2. The molecular weight excluding hydrogens is 250 g/mol. The number of nitrogens with one attached hydrogen (secondary N) is 1. The maximum Gasteiger partial charge on any atom is 0.230 e. The highest BCUT2D eigenvalue weighted by molar-refractivity contribution is 7.99. The number of carbonyl (C=O) groups is 1. The Morgan fingerprint density at radius 2 is 2.61 bits per heavy atom. The highest BCUT2D eigenvalue weighted by atomic mass is 32.2. The van der Waals surface area contributed by atoms with Gasteiger partial charge in [-0.2, -0.15) is 0 Å². The highest BCUT2D eigenvalue weighted by Crippen LogP contribution is 2.15. The molecule has 0 spiro atoms. The van der Waals surface area contributed by atoms with Gasteiger partial charge in [0, 0.05) is 32.6 Å². The molecule has 0 saturated carbocycles. The Balaban J connectivity index is 1.59. The summed E-state index contributed by atoms with van der Waals surface area (Å²) in [5.74, 6) is 0.470. The molecule has 1 amide bonds. The molecule has 0 aromatic carbocycles. The van der Waals surface area contributed by atoms with E-state index in [1.165, 1.54) is 11.8 Å². The summed E-state index contributed by atoms with van der Waals surface area (Å²) in [7, 11) is 1.92. The molecule has 1 aromatic heterocycles. The predicted molar refractivity (Wildman–Crippen MR) is 70.5 cm³/mol. The Labute approximate surface area is 111 Å². The van der Waals surface area contributed by atoms with Crippen molar-refractivity contribution >= 4 is 17.7 Å². The second-order valence-corrected chi connectivity index (χ2v) is 5.33. The van der Waals surface area contributed by atoms with Gasteiger partial charge in [-0.1, -0.05) is 11.8 Å². The average Bonchev–Trinajstić information content (AvgIpc) is 2.98. The van der Waals surface area contributed by atoms with E-state index in [4.69, 9.17) is 4.74 Å². The summed E-state index contributed by atoms with van der Waals surface area (Å²) in [6, 6.07) is 0. The first-order valence-corrected chi connectivity index (χ1v) is 7.22. The van der Waals surface area contributed by atoms with Gasteiger partial charge in [0.15, 0.2) is 5.16 Å². The summed E-state index contributed by atoms with van der Waals surface area (Å²) in [6.45, 7) is 1.57. The Kier molecular flexibility index (Phi) is 5.07. The molecule has 6 heteroatoms. The largest absolute Gasteiger partial charge is 0.378 e. The molecule has 0 unspecified atom stereocenters. The van der Waals surface area contributed by atoms with Gasteiger partial charge in [-0.15, -0.1) is 0 Å². The average molecular weight is 269 g/mol. The second-order valence-electron chi connectivity index (χ2n) is 4.38. The number of amides is 1. The van der Waals surface area contributed by atoms with E-state index in [0.29, 0.717) is 18.4 Å². The fourth-order valence-corrected chi connectivity index (χ4v) is 2.68. The standard InChI is InChI=1S/C12H19N3O2S/c1-15-7-6-14-12(15)18-9-11(16)13-5-4-10-3-2-8-17-10/h6-7,10H,2-5,8-9H2,1H3,(H,13,16)/t10-/m0/s1. The van der Waals surface area contributed by atoms with Crippen molar-refractivity contribution in [1.82, 2.24) is 14.9 Å². The number of rotatable bonds is 6. The topological polar surface area (TPSA) is 56.2 Å². The number of ether oxygens (including phenoxy) is 1. The zero-order valence-electron chi connectivity index (χ0n) is 10.6. The van der Waals surface area contributed by atoms with Crippen molar-refractivity contribution in [3.63, 3.8) is 0 Å². The number of carbonyl (C=O) groups excluding carboxylic acids is 1. The number of hydrogen-bond donors (Lipinski definition) is 1. The normalized spacial score (nSPS) is 19.1. The van der Waals surface area contributed by atoms with Crippen LogP contribution < -0.4 is 5.32 Å². The first-order chi connectivity index (χ1) is 8.75. The molecule has 1 saturated heterocycles. The predicted octanol–water partition coefficient (Wildman–Crippen LogP) is 1.20. The van der Waals surface area contributed by atoms with Gasteiger partial charge >= 0.3 is 0 Å². The van der Waals surface area contributed by atoms with E-state index in [1.807, 2.05) is 17.8 Å². The molecule has 0 bridgehead atoms. The fraction of sp³-hybridized carbons (Fsp3) is 0.667. The molecule has 18 heavy (non-hydrogen) atoms. The van der Waals surface area contributed by atoms with E-state index in [0.717, 1.165) is 31.0 Å². The number of thioether (sulfide) groups is 1. The molecule has 5 nitrogen and oxygen atoms in total. The van der Waals surface area contributed by atoms with Gasteiger partial charge in [-0.25, -0.2) is 4.98 Å². The summed E-state index contributed by atoms with van der Waals surface area (Å²) in [6.07, 6.45) is 7.13. The third-order valence-electron chi connectivity index (χ3n) is 2.92. The summed E-state index contributed by atoms with van der Waals surface area (Å²) in [5.41, 5.74) is 0. The summed E-state index contributed by atoms with van der Waals surface area (Å²) in [5, 5.41) is 3.78. The molecule has 1 aliphatic rings. The number of aryl methyl sites for hydroxylation is 1. The van der Waals surface area contributed by atoms with E-state index in [1.54, 1.807) is 6.20 Å². The van der Waals surface area contributed by atoms with E-state index in [2.05, 4.69) is 10.3 Å². The van der Waals surface area contributed by atoms with E-state index < -0.39 is 0 Å². The van der Waals surface area contributed by atoms with Crippen molar-refractivity contribution in [1.29, 1.82) is 0 Å². The minimum Gasteiger partial charge on any atom is -0.378 e. The van der Waals surface area contributed by atoms with Gasteiger partial charge in [0.05, 0.1) is 11.9 Å². The smallest absolute Gasteiger partial charge is 0.230 e. The van der Waals surface area contributed by atoms with Crippen LogP contribution in [0.3, 0.4) is 0 Å². The number of nitrogens with zero attached hydrogens (tertiary/aromatic N) is 2. The Hall–Kier alpha value is -1.01. The van der Waals surface area contributed by atoms with Crippen molar-refractivity contribution in [3.05, 3.63) is 12.4 Å². The summed E-state index contributed by atoms with van der Waals surface area (Å²) in [4.78, 5) is 15.8. The number of imidazole rings is 1. The van der Waals surface area contributed by atoms with Gasteiger partial charge in [-0.05, 0) is 19.3 Å². The van der Waals surface area contributed by atoms with Crippen LogP contribution in [0, 0.1) is 0 Å². The van der Waals surface area contributed by atoms with Crippen LogP contribution in [0.25, 0.3) is 0 Å². The van der Waals surface area contributed by atoms with Gasteiger partial charge in [-0.3, -0.25) is 4.79 Å². The molecule has 1 aromatic rings. The molecule has 1 N–H and O–H groups in total. The van der Waals surface area contributed by atoms with Crippen molar-refractivity contribution in [2.75, 3.05) is 18.9 Å². The summed E-state index contributed by atoms with van der Waals surface area (Å²) >= 11 is 1.45. The van der Waals surface area contributed by atoms with Crippen molar-refractivity contribution in [2.45, 2.75) is 30.5 Å². The third-order valence-corrected chi connectivity index (χ3v) is 3.98. The van der Waals surface area contributed by atoms with Crippen molar-refractivity contribution in [3.8, 4) is 0 Å². The lowest BCUT2D eigenvalue weighted by Crippen LogP contribution is -2.28. The van der Waals surface area contributed by atoms with Crippen LogP contribution in [0.2, 0.25) is 0 Å². The number of hydrogen-bond acceptors (Lipinski definition) is 4. The molecule has 0 radical (unpaired) electrons. The van der Waals surface area contributed by atoms with Crippen molar-refractivity contribution in [2.24, 2.45) is 7.05 Å². The monoisotopic (exact) mass is 269 g/mol. The molecular formula is C12H19N3O2S. The van der Waals surface area contributed by atoms with Gasteiger partial charge in [0.2, 0.25) is 5.91 Å². The maximum atomic E-state index is 11.6. The maximum absolute atomic E-state index is 11.6. The van der Waals surface area contributed by atoms with Crippen LogP contribution in [0.4, 0.5) is 0 Å².